The summed E-state index contributed by atoms with van der Waals surface area (Å²) in [5.41, 5.74) is 1.66. The van der Waals surface area contributed by atoms with E-state index in [2.05, 4.69) is 12.2 Å². The molecule has 25 heavy (non-hydrogen) atoms. The molecule has 2 rings (SSSR count). The largest absolute Gasteiger partial charge is 0.456 e. The van der Waals surface area contributed by atoms with Gasteiger partial charge in [-0.25, -0.2) is 0 Å². The maximum absolute atomic E-state index is 12.0. The lowest BCUT2D eigenvalue weighted by Gasteiger charge is -2.29. The van der Waals surface area contributed by atoms with E-state index in [0.717, 1.165) is 24.8 Å². The molecule has 0 spiro atoms. The molecule has 0 aliphatic heterocycles. The van der Waals surface area contributed by atoms with E-state index in [0.29, 0.717) is 11.5 Å². The molecular weight excluding hydrogens is 318 g/mol. The molecule has 0 aromatic heterocycles. The molecule has 0 bridgehead atoms. The van der Waals surface area contributed by atoms with Crippen molar-refractivity contribution < 1.29 is 19.1 Å². The Balaban J connectivity index is 1.67. The molecule has 0 saturated heterocycles. The van der Waals surface area contributed by atoms with E-state index < -0.39 is 5.97 Å². The number of esters is 1. The highest BCUT2D eigenvalue weighted by Crippen LogP contribution is 2.23. The topological polar surface area (TPSA) is 72.5 Å². The number of rotatable bonds is 7. The summed E-state index contributed by atoms with van der Waals surface area (Å²) in [6.07, 6.45) is 4.49. The van der Waals surface area contributed by atoms with Crippen LogP contribution in [0.5, 0.6) is 0 Å². The molecule has 1 aliphatic carbocycles. The monoisotopic (exact) mass is 345 g/mol. The van der Waals surface area contributed by atoms with Crippen LogP contribution in [0.1, 0.15) is 61.4 Å². The van der Waals surface area contributed by atoms with Crippen LogP contribution in [0.25, 0.3) is 0 Å². The third-order valence-corrected chi connectivity index (χ3v) is 4.75. The van der Waals surface area contributed by atoms with Gasteiger partial charge in [-0.3, -0.25) is 14.4 Å². The van der Waals surface area contributed by atoms with E-state index in [-0.39, 0.29) is 37.2 Å². The van der Waals surface area contributed by atoms with Gasteiger partial charge in [0.2, 0.25) is 0 Å². The van der Waals surface area contributed by atoms with Crippen molar-refractivity contribution in [2.24, 2.45) is 5.92 Å². The standard InChI is InChI=1S/C20H27NO4/c1-14-7-9-16(10-8-14)18(22)11-12-20(24)25-13-19(23)21-17-6-4-3-5-15(17)2/h7-10,15,17H,3-6,11-13H2,1-2H3,(H,21,23)/t15-,17+/m0/s1. The number of benzene rings is 1. The maximum atomic E-state index is 12.0. The van der Waals surface area contributed by atoms with Crippen molar-refractivity contribution >= 4 is 17.7 Å². The van der Waals surface area contributed by atoms with Gasteiger partial charge in [0.1, 0.15) is 0 Å². The first-order valence-electron chi connectivity index (χ1n) is 9.00. The van der Waals surface area contributed by atoms with Gasteiger partial charge in [-0.2, -0.15) is 0 Å². The second kappa shape index (κ2) is 9.35. The van der Waals surface area contributed by atoms with Gasteiger partial charge in [-0.1, -0.05) is 49.6 Å². The number of aryl methyl sites for hydroxylation is 1. The molecular formula is C20H27NO4. The van der Waals surface area contributed by atoms with Gasteiger partial charge in [-0.15, -0.1) is 0 Å². The van der Waals surface area contributed by atoms with Crippen LogP contribution < -0.4 is 5.32 Å². The maximum Gasteiger partial charge on any atom is 0.306 e. The molecule has 1 aromatic rings. The highest BCUT2D eigenvalue weighted by atomic mass is 16.5. The van der Waals surface area contributed by atoms with Crippen molar-refractivity contribution in [2.45, 2.75) is 58.4 Å². The van der Waals surface area contributed by atoms with Crippen molar-refractivity contribution in [1.82, 2.24) is 5.32 Å². The molecule has 1 saturated carbocycles. The van der Waals surface area contributed by atoms with Crippen LogP contribution in [-0.2, 0) is 14.3 Å². The number of ketones is 1. The predicted octanol–water partition coefficient (Wildman–Crippen LogP) is 3.20. The Morgan fingerprint density at radius 1 is 1.08 bits per heavy atom. The number of hydrogen-bond acceptors (Lipinski definition) is 4. The third-order valence-electron chi connectivity index (χ3n) is 4.75. The van der Waals surface area contributed by atoms with Crippen LogP contribution >= 0.6 is 0 Å². The average molecular weight is 345 g/mol. The fraction of sp³-hybridized carbons (Fsp3) is 0.550. The molecule has 1 amide bonds. The average Bonchev–Trinajstić information content (AvgIpc) is 2.60. The van der Waals surface area contributed by atoms with Crippen LogP contribution in [0.3, 0.4) is 0 Å². The summed E-state index contributed by atoms with van der Waals surface area (Å²) >= 11 is 0. The van der Waals surface area contributed by atoms with E-state index in [4.69, 9.17) is 4.74 Å². The Labute approximate surface area is 149 Å². The van der Waals surface area contributed by atoms with Crippen molar-refractivity contribution in [3.05, 3.63) is 35.4 Å². The number of ether oxygens (including phenoxy) is 1. The minimum Gasteiger partial charge on any atom is -0.456 e. The molecule has 1 N–H and O–H groups in total. The van der Waals surface area contributed by atoms with Crippen molar-refractivity contribution in [1.29, 1.82) is 0 Å². The Kier molecular flexibility index (Phi) is 7.16. The summed E-state index contributed by atoms with van der Waals surface area (Å²) in [6, 6.07) is 7.40. The summed E-state index contributed by atoms with van der Waals surface area (Å²) in [5.74, 6) is -0.428. The smallest absolute Gasteiger partial charge is 0.306 e. The molecule has 0 radical (unpaired) electrons. The first kappa shape index (κ1) is 19.2. The van der Waals surface area contributed by atoms with E-state index in [1.807, 2.05) is 19.1 Å². The Hall–Kier alpha value is -2.17. The van der Waals surface area contributed by atoms with Crippen molar-refractivity contribution in [3.63, 3.8) is 0 Å². The first-order chi connectivity index (χ1) is 12.0. The number of nitrogens with one attached hydrogen (secondary N) is 1. The number of hydrogen-bond donors (Lipinski definition) is 1. The zero-order valence-electron chi connectivity index (χ0n) is 15.0. The fourth-order valence-electron chi connectivity index (χ4n) is 3.10. The van der Waals surface area contributed by atoms with Gasteiger partial charge in [-0.05, 0) is 25.7 Å². The molecule has 2 atom stereocenters. The van der Waals surface area contributed by atoms with E-state index >= 15 is 0 Å². The lowest BCUT2D eigenvalue weighted by molar-refractivity contribution is -0.148. The minimum atomic E-state index is -0.521. The second-order valence-electron chi connectivity index (χ2n) is 6.89. The Morgan fingerprint density at radius 3 is 2.44 bits per heavy atom. The third kappa shape index (κ3) is 6.33. The summed E-state index contributed by atoms with van der Waals surface area (Å²) in [4.78, 5) is 35.6. The molecule has 5 heteroatoms. The van der Waals surface area contributed by atoms with Crippen molar-refractivity contribution in [2.75, 3.05) is 6.61 Å². The molecule has 1 aliphatic rings. The summed E-state index contributed by atoms with van der Waals surface area (Å²) < 4.78 is 4.98. The molecule has 0 unspecified atom stereocenters. The molecule has 5 nitrogen and oxygen atoms in total. The van der Waals surface area contributed by atoms with Crippen LogP contribution in [0, 0.1) is 12.8 Å². The number of carbonyl (C=O) groups is 3. The highest BCUT2D eigenvalue weighted by molar-refractivity contribution is 5.97. The zero-order chi connectivity index (χ0) is 18.2. The summed E-state index contributed by atoms with van der Waals surface area (Å²) in [7, 11) is 0. The minimum absolute atomic E-state index is 0.0141. The normalized spacial score (nSPS) is 19.9. The highest BCUT2D eigenvalue weighted by Gasteiger charge is 2.23. The van der Waals surface area contributed by atoms with E-state index in [1.54, 1.807) is 12.1 Å². The molecule has 1 fully saturated rings. The van der Waals surface area contributed by atoms with Crippen LogP contribution in [0.4, 0.5) is 0 Å². The fourth-order valence-corrected chi connectivity index (χ4v) is 3.10. The van der Waals surface area contributed by atoms with Crippen molar-refractivity contribution in [3.8, 4) is 0 Å². The molecule has 136 valence electrons. The first-order valence-corrected chi connectivity index (χ1v) is 9.00. The van der Waals surface area contributed by atoms with E-state index in [9.17, 15) is 14.4 Å². The zero-order valence-corrected chi connectivity index (χ0v) is 15.0. The lowest BCUT2D eigenvalue weighted by Crippen LogP contribution is -2.42. The summed E-state index contributed by atoms with van der Waals surface area (Å²) in [6.45, 7) is 3.80. The quantitative estimate of drug-likeness (QED) is 0.608. The molecule has 1 aromatic carbocycles. The van der Waals surface area contributed by atoms with Gasteiger partial charge in [0, 0.05) is 18.0 Å². The van der Waals surface area contributed by atoms with Gasteiger partial charge < -0.3 is 10.1 Å². The van der Waals surface area contributed by atoms with Gasteiger partial charge in [0.05, 0.1) is 6.42 Å². The number of carbonyl (C=O) groups excluding carboxylic acids is 3. The van der Waals surface area contributed by atoms with Gasteiger partial charge in [0.15, 0.2) is 12.4 Å². The van der Waals surface area contributed by atoms with E-state index in [1.165, 1.54) is 6.42 Å². The Morgan fingerprint density at radius 2 is 1.76 bits per heavy atom. The Bertz CT molecular complexity index is 609. The summed E-state index contributed by atoms with van der Waals surface area (Å²) in [5, 5.41) is 2.94. The molecule has 0 heterocycles. The number of amides is 1. The van der Waals surface area contributed by atoms with Crippen LogP contribution in [0.2, 0.25) is 0 Å². The van der Waals surface area contributed by atoms with Gasteiger partial charge >= 0.3 is 5.97 Å². The van der Waals surface area contributed by atoms with Crippen LogP contribution in [-0.4, -0.2) is 30.3 Å². The lowest BCUT2D eigenvalue weighted by atomic mass is 9.86. The van der Waals surface area contributed by atoms with Gasteiger partial charge in [0.25, 0.3) is 5.91 Å². The SMILES string of the molecule is Cc1ccc(C(=O)CCC(=O)OCC(=O)N[C@@H]2CCCC[C@@H]2C)cc1. The number of Topliss-reactive ketones (excluding diaryl/α,β-unsaturated/α-hetero) is 1. The second-order valence-corrected chi connectivity index (χ2v) is 6.89. The van der Waals surface area contributed by atoms with Crippen LogP contribution in [0.15, 0.2) is 24.3 Å². The predicted molar refractivity (Wildman–Crippen MR) is 95.3 cm³/mol.